The molecule has 2 rings (SSSR count). The number of carboxylic acids is 1. The number of carbonyl (C=O) groups excluding carboxylic acids is 1. The van der Waals surface area contributed by atoms with E-state index in [9.17, 15) is 14.7 Å². The van der Waals surface area contributed by atoms with Crippen molar-refractivity contribution in [3.05, 3.63) is 17.3 Å². The minimum absolute atomic E-state index is 0.141. The van der Waals surface area contributed by atoms with E-state index in [1.165, 1.54) is 4.90 Å². The Morgan fingerprint density at radius 1 is 1.44 bits per heavy atom. The van der Waals surface area contributed by atoms with Crippen LogP contribution < -0.4 is 0 Å². The Morgan fingerprint density at radius 2 is 2.11 bits per heavy atom. The van der Waals surface area contributed by atoms with Crippen molar-refractivity contribution in [1.82, 2.24) is 9.88 Å². The Bertz CT molecular complexity index is 508. The topological polar surface area (TPSA) is 83.6 Å². The molecule has 6 nitrogen and oxygen atoms in total. The summed E-state index contributed by atoms with van der Waals surface area (Å²) < 4.78 is 5.27. The van der Waals surface area contributed by atoms with Crippen LogP contribution in [-0.4, -0.2) is 39.0 Å². The normalized spacial score (nSPS) is 23.4. The number of likely N-dealkylation sites (tertiary alicyclic amines) is 1. The summed E-state index contributed by atoms with van der Waals surface area (Å²) >= 11 is 0. The van der Waals surface area contributed by atoms with Crippen molar-refractivity contribution in [1.29, 1.82) is 0 Å². The second-order valence-corrected chi connectivity index (χ2v) is 4.79. The van der Waals surface area contributed by atoms with Gasteiger partial charge in [0.05, 0.1) is 5.69 Å². The van der Waals surface area contributed by atoms with Crippen LogP contribution in [0.5, 0.6) is 0 Å². The molecule has 0 radical (unpaired) electrons. The third-order valence-electron chi connectivity index (χ3n) is 3.44. The van der Waals surface area contributed by atoms with Crippen molar-refractivity contribution in [3.63, 3.8) is 0 Å². The first-order valence-corrected chi connectivity index (χ1v) is 5.85. The monoisotopic (exact) mass is 252 g/mol. The number of hydrogen-bond acceptors (Lipinski definition) is 4. The summed E-state index contributed by atoms with van der Waals surface area (Å²) in [6.07, 6.45) is 1.14. The number of aliphatic carboxylic acids is 1. The molecule has 6 heteroatoms. The van der Waals surface area contributed by atoms with Gasteiger partial charge in [-0.15, -0.1) is 0 Å². The van der Waals surface area contributed by atoms with Gasteiger partial charge in [0.1, 0.15) is 5.54 Å². The van der Waals surface area contributed by atoms with Crippen LogP contribution in [0.1, 0.15) is 41.9 Å². The summed E-state index contributed by atoms with van der Waals surface area (Å²) in [7, 11) is 0. The molecule has 0 saturated carbocycles. The molecule has 0 bridgehead atoms. The molecule has 2 heterocycles. The van der Waals surface area contributed by atoms with E-state index in [0.29, 0.717) is 31.0 Å². The Labute approximate surface area is 105 Å². The zero-order valence-corrected chi connectivity index (χ0v) is 10.7. The molecule has 1 saturated heterocycles. The molecule has 1 atom stereocenters. The molecule has 1 fully saturated rings. The van der Waals surface area contributed by atoms with Crippen molar-refractivity contribution in [3.8, 4) is 0 Å². The largest absolute Gasteiger partial charge is 0.480 e. The van der Waals surface area contributed by atoms with Gasteiger partial charge in [-0.2, -0.15) is 0 Å². The summed E-state index contributed by atoms with van der Waals surface area (Å²) in [5, 5.41) is 9.27. The van der Waals surface area contributed by atoms with E-state index in [-0.39, 0.29) is 5.76 Å². The Kier molecular flexibility index (Phi) is 2.88. The maximum atomic E-state index is 12.3. The highest BCUT2D eigenvalue weighted by Gasteiger charge is 2.47. The van der Waals surface area contributed by atoms with Crippen LogP contribution in [0.2, 0.25) is 0 Å². The van der Waals surface area contributed by atoms with Crippen molar-refractivity contribution in [2.24, 2.45) is 0 Å². The standard InChI is InChI=1S/C12H16N2O4/c1-7-9(18-8(2)13-7)10(15)14-6-4-5-12(14,3)11(16)17/h4-6H2,1-3H3,(H,16,17). The summed E-state index contributed by atoms with van der Waals surface area (Å²) in [6, 6.07) is 0. The lowest BCUT2D eigenvalue weighted by Gasteiger charge is -2.30. The number of nitrogens with zero attached hydrogens (tertiary/aromatic N) is 2. The van der Waals surface area contributed by atoms with Gasteiger partial charge in [0, 0.05) is 13.5 Å². The number of amides is 1. The van der Waals surface area contributed by atoms with Crippen molar-refractivity contribution in [2.75, 3.05) is 6.54 Å². The molecule has 0 aromatic carbocycles. The minimum atomic E-state index is -1.15. The van der Waals surface area contributed by atoms with Crippen LogP contribution in [0.3, 0.4) is 0 Å². The number of rotatable bonds is 2. The molecule has 1 amide bonds. The van der Waals surface area contributed by atoms with Crippen LogP contribution in [0.15, 0.2) is 4.42 Å². The van der Waals surface area contributed by atoms with Crippen molar-refractivity contribution in [2.45, 2.75) is 39.2 Å². The van der Waals surface area contributed by atoms with E-state index in [0.717, 1.165) is 0 Å². The average molecular weight is 252 g/mol. The lowest BCUT2D eigenvalue weighted by molar-refractivity contribution is -0.147. The SMILES string of the molecule is Cc1nc(C)c(C(=O)N2CCCC2(C)C(=O)O)o1. The van der Waals surface area contributed by atoms with Crippen LogP contribution in [0.4, 0.5) is 0 Å². The Hall–Kier alpha value is -1.85. The van der Waals surface area contributed by atoms with E-state index < -0.39 is 17.4 Å². The summed E-state index contributed by atoms with van der Waals surface area (Å²) in [4.78, 5) is 29.0. The number of carbonyl (C=O) groups is 2. The highest BCUT2D eigenvalue weighted by atomic mass is 16.4. The molecule has 1 unspecified atom stereocenters. The number of oxazole rings is 1. The average Bonchev–Trinajstić information content (AvgIpc) is 2.82. The second kappa shape index (κ2) is 4.12. The van der Waals surface area contributed by atoms with Gasteiger partial charge in [0.25, 0.3) is 5.91 Å². The predicted octanol–water partition coefficient (Wildman–Crippen LogP) is 1.37. The number of aryl methyl sites for hydroxylation is 2. The van der Waals surface area contributed by atoms with Gasteiger partial charge >= 0.3 is 5.97 Å². The van der Waals surface area contributed by atoms with E-state index >= 15 is 0 Å². The van der Waals surface area contributed by atoms with Gasteiger partial charge in [-0.1, -0.05) is 0 Å². The van der Waals surface area contributed by atoms with Gasteiger partial charge in [-0.05, 0) is 26.7 Å². The Morgan fingerprint density at radius 3 is 2.61 bits per heavy atom. The van der Waals surface area contributed by atoms with Crippen LogP contribution in [0, 0.1) is 13.8 Å². The number of carboxylic acid groups (broad SMARTS) is 1. The second-order valence-electron chi connectivity index (χ2n) is 4.79. The third kappa shape index (κ3) is 1.77. The maximum absolute atomic E-state index is 12.3. The minimum Gasteiger partial charge on any atom is -0.480 e. The van der Waals surface area contributed by atoms with Gasteiger partial charge in [-0.3, -0.25) is 4.79 Å². The number of hydrogen-bond donors (Lipinski definition) is 1. The predicted molar refractivity (Wildman–Crippen MR) is 62.3 cm³/mol. The van der Waals surface area contributed by atoms with Gasteiger partial charge in [0.2, 0.25) is 5.76 Å². The maximum Gasteiger partial charge on any atom is 0.329 e. The van der Waals surface area contributed by atoms with Gasteiger partial charge in [-0.25, -0.2) is 9.78 Å². The highest BCUT2D eigenvalue weighted by Crippen LogP contribution is 2.31. The third-order valence-corrected chi connectivity index (χ3v) is 3.44. The lowest BCUT2D eigenvalue weighted by Crippen LogP contribution is -2.50. The van der Waals surface area contributed by atoms with Crippen molar-refractivity contribution < 1.29 is 19.1 Å². The quantitative estimate of drug-likeness (QED) is 0.859. The Balaban J connectivity index is 2.34. The fourth-order valence-corrected chi connectivity index (χ4v) is 2.36. The molecule has 1 aliphatic rings. The molecule has 1 aliphatic heterocycles. The first kappa shape index (κ1) is 12.6. The molecule has 1 N–H and O–H groups in total. The van der Waals surface area contributed by atoms with Gasteiger partial charge in [0.15, 0.2) is 5.89 Å². The highest BCUT2D eigenvalue weighted by molar-refractivity contribution is 5.96. The van der Waals surface area contributed by atoms with Gasteiger partial charge < -0.3 is 14.4 Å². The fourth-order valence-electron chi connectivity index (χ4n) is 2.36. The summed E-state index contributed by atoms with van der Waals surface area (Å²) in [6.45, 7) is 5.33. The molecule has 18 heavy (non-hydrogen) atoms. The molecule has 98 valence electrons. The fraction of sp³-hybridized carbons (Fsp3) is 0.583. The van der Waals surface area contributed by atoms with Crippen LogP contribution in [0.25, 0.3) is 0 Å². The van der Waals surface area contributed by atoms with Crippen LogP contribution >= 0.6 is 0 Å². The molecule has 1 aromatic rings. The molecular weight excluding hydrogens is 236 g/mol. The summed E-state index contributed by atoms with van der Waals surface area (Å²) in [5.41, 5.74) is -0.651. The molecule has 0 spiro atoms. The van der Waals surface area contributed by atoms with Crippen LogP contribution in [-0.2, 0) is 4.79 Å². The first-order chi connectivity index (χ1) is 8.36. The van der Waals surface area contributed by atoms with E-state index in [1.807, 2.05) is 0 Å². The molecule has 0 aliphatic carbocycles. The van der Waals surface area contributed by atoms with E-state index in [2.05, 4.69) is 4.98 Å². The lowest BCUT2D eigenvalue weighted by atomic mass is 9.99. The van der Waals surface area contributed by atoms with E-state index in [1.54, 1.807) is 20.8 Å². The first-order valence-electron chi connectivity index (χ1n) is 5.85. The zero-order chi connectivity index (χ0) is 13.5. The molecular formula is C12H16N2O4. The smallest absolute Gasteiger partial charge is 0.329 e. The molecule has 1 aromatic heterocycles. The van der Waals surface area contributed by atoms with E-state index in [4.69, 9.17) is 4.42 Å². The zero-order valence-electron chi connectivity index (χ0n) is 10.7. The number of aromatic nitrogens is 1. The van der Waals surface area contributed by atoms with Crippen molar-refractivity contribution >= 4 is 11.9 Å². The summed E-state index contributed by atoms with van der Waals surface area (Å²) in [5.74, 6) is -0.827.